The van der Waals surface area contributed by atoms with Crippen LogP contribution in [0.2, 0.25) is 0 Å². The molecule has 0 radical (unpaired) electrons. The van der Waals surface area contributed by atoms with Gasteiger partial charge in [-0.2, -0.15) is 13.2 Å². The smallest absolute Gasteiger partial charge is 0.390 e. The van der Waals surface area contributed by atoms with Crippen LogP contribution < -0.4 is 0 Å². The number of carbonyl (C=O) groups is 1. The number of benzene rings is 2. The molecule has 4 rings (SSSR count). The van der Waals surface area contributed by atoms with Gasteiger partial charge in [-0.25, -0.2) is 0 Å². The molecule has 2 aromatic rings. The van der Waals surface area contributed by atoms with Crippen molar-refractivity contribution in [3.63, 3.8) is 0 Å². The minimum absolute atomic E-state index is 0.0190. The number of aliphatic hydroxyl groups excluding tert-OH is 1. The number of amides is 1. The van der Waals surface area contributed by atoms with Gasteiger partial charge >= 0.3 is 6.18 Å². The molecular weight excluding hydrogens is 455 g/mol. The highest BCUT2D eigenvalue weighted by Gasteiger charge is 2.49. The minimum atomic E-state index is -4.15. The first-order valence-electron chi connectivity index (χ1n) is 12.3. The first-order valence-corrected chi connectivity index (χ1v) is 12.3. The Bertz CT molecular complexity index is 1010. The van der Waals surface area contributed by atoms with Crippen LogP contribution in [0.15, 0.2) is 48.5 Å². The monoisotopic (exact) mass is 489 g/mol. The average Bonchev–Trinajstić information content (AvgIpc) is 2.81. The van der Waals surface area contributed by atoms with Crippen LogP contribution in [0.25, 0.3) is 11.1 Å². The van der Waals surface area contributed by atoms with E-state index in [2.05, 4.69) is 17.0 Å². The molecule has 3 atom stereocenters. The summed E-state index contributed by atoms with van der Waals surface area (Å²) in [6, 6.07) is 15.7. The van der Waals surface area contributed by atoms with Crippen molar-refractivity contribution in [2.75, 3.05) is 46.9 Å². The number of halogens is 3. The Hall–Kier alpha value is -2.42. The van der Waals surface area contributed by atoms with Gasteiger partial charge in [0.2, 0.25) is 0 Å². The second-order valence-corrected chi connectivity index (χ2v) is 9.86. The number of aliphatic hydroxyl groups is 1. The van der Waals surface area contributed by atoms with E-state index in [1.165, 1.54) is 0 Å². The van der Waals surface area contributed by atoms with E-state index in [-0.39, 0.29) is 37.1 Å². The van der Waals surface area contributed by atoms with Gasteiger partial charge in [0.1, 0.15) is 0 Å². The number of carbonyl (C=O) groups excluding carboxylic acids is 1. The van der Waals surface area contributed by atoms with E-state index in [0.717, 1.165) is 36.1 Å². The van der Waals surface area contributed by atoms with Gasteiger partial charge in [-0.3, -0.25) is 9.69 Å². The van der Waals surface area contributed by atoms with Crippen molar-refractivity contribution >= 4 is 5.91 Å². The number of alkyl halides is 3. The molecule has 1 N–H and O–H groups in total. The summed E-state index contributed by atoms with van der Waals surface area (Å²) >= 11 is 0. The molecule has 5 nitrogen and oxygen atoms in total. The van der Waals surface area contributed by atoms with Crippen LogP contribution in [0.5, 0.6) is 0 Å². The third-order valence-electron chi connectivity index (χ3n) is 7.31. The highest BCUT2D eigenvalue weighted by molar-refractivity contribution is 5.95. The quantitative estimate of drug-likeness (QED) is 0.660. The van der Waals surface area contributed by atoms with Gasteiger partial charge in [-0.15, -0.1) is 0 Å². The molecule has 2 heterocycles. The van der Waals surface area contributed by atoms with E-state index in [1.807, 2.05) is 35.2 Å². The van der Waals surface area contributed by atoms with Crippen LogP contribution >= 0.6 is 0 Å². The van der Waals surface area contributed by atoms with Crippen LogP contribution in [0.4, 0.5) is 13.2 Å². The SMILES string of the molecule is CN(C)C(=O)c1cccc(-c2ccc([C@@H]3[C@H]4CN(CCC(F)(F)F)CCCCN4[C@H]3CO)cc2)c1. The molecule has 2 aromatic carbocycles. The lowest BCUT2D eigenvalue weighted by Gasteiger charge is -2.57. The number of hydrogen-bond donors (Lipinski definition) is 1. The van der Waals surface area contributed by atoms with Crippen molar-refractivity contribution in [1.29, 1.82) is 0 Å². The standard InChI is InChI=1S/C27H34F3N3O2/c1-31(2)26(35)22-7-5-6-21(16-22)19-8-10-20(11-9-19)25-23-17-32(15-12-27(28,29)30)13-3-4-14-33(23)24(25)18-34/h5-11,16,23-25,34H,3-4,12-15,17-18H2,1-2H3/t23-,24+,25-/m1/s1. The Balaban J connectivity index is 1.52. The van der Waals surface area contributed by atoms with Gasteiger partial charge in [0, 0.05) is 50.7 Å². The molecule has 0 bridgehead atoms. The molecular formula is C27H34F3N3O2. The predicted octanol–water partition coefficient (Wildman–Crippen LogP) is 4.23. The second kappa shape index (κ2) is 10.7. The summed E-state index contributed by atoms with van der Waals surface area (Å²) in [5, 5.41) is 10.1. The number of rotatable bonds is 6. The fourth-order valence-electron chi connectivity index (χ4n) is 5.49. The Morgan fingerprint density at radius 2 is 1.77 bits per heavy atom. The highest BCUT2D eigenvalue weighted by atomic mass is 19.4. The summed E-state index contributed by atoms with van der Waals surface area (Å²) in [5.74, 6) is 0.0189. The third kappa shape index (κ3) is 5.88. The molecule has 2 saturated heterocycles. The predicted molar refractivity (Wildman–Crippen MR) is 130 cm³/mol. The van der Waals surface area contributed by atoms with Gasteiger partial charge in [0.25, 0.3) is 5.91 Å². The molecule has 0 aromatic heterocycles. The van der Waals surface area contributed by atoms with Crippen LogP contribution in [0.3, 0.4) is 0 Å². The van der Waals surface area contributed by atoms with Gasteiger partial charge in [0.05, 0.1) is 13.0 Å². The van der Waals surface area contributed by atoms with Crippen molar-refractivity contribution in [3.8, 4) is 11.1 Å². The summed E-state index contributed by atoms with van der Waals surface area (Å²) < 4.78 is 38.5. The number of fused-ring (bicyclic) bond motifs is 1. The van der Waals surface area contributed by atoms with E-state index in [4.69, 9.17) is 0 Å². The first-order chi connectivity index (χ1) is 16.7. The van der Waals surface area contributed by atoms with Crippen LogP contribution in [-0.4, -0.2) is 90.9 Å². The van der Waals surface area contributed by atoms with Gasteiger partial charge in [-0.1, -0.05) is 36.4 Å². The molecule has 2 fully saturated rings. The summed E-state index contributed by atoms with van der Waals surface area (Å²) in [4.78, 5) is 18.1. The van der Waals surface area contributed by atoms with Crippen molar-refractivity contribution < 1.29 is 23.1 Å². The molecule has 35 heavy (non-hydrogen) atoms. The molecule has 190 valence electrons. The summed E-state index contributed by atoms with van der Waals surface area (Å²) in [5.41, 5.74) is 3.65. The van der Waals surface area contributed by atoms with Crippen LogP contribution in [0.1, 0.15) is 41.1 Å². The summed E-state index contributed by atoms with van der Waals surface area (Å²) in [6.07, 6.45) is -3.16. The largest absolute Gasteiger partial charge is 0.395 e. The van der Waals surface area contributed by atoms with Gasteiger partial charge in [-0.05, 0) is 54.8 Å². The average molecular weight is 490 g/mol. The molecule has 8 heteroatoms. The van der Waals surface area contributed by atoms with Crippen LogP contribution in [-0.2, 0) is 0 Å². The normalized spacial score (nSPS) is 23.7. The summed E-state index contributed by atoms with van der Waals surface area (Å²) in [6.45, 7) is 2.17. The fourth-order valence-corrected chi connectivity index (χ4v) is 5.49. The zero-order valence-electron chi connectivity index (χ0n) is 20.3. The van der Waals surface area contributed by atoms with E-state index in [1.54, 1.807) is 25.1 Å². The lowest BCUT2D eigenvalue weighted by molar-refractivity contribution is -0.140. The minimum Gasteiger partial charge on any atom is -0.395 e. The van der Waals surface area contributed by atoms with E-state index in [9.17, 15) is 23.1 Å². The fraction of sp³-hybridized carbons (Fsp3) is 0.519. The Morgan fingerprint density at radius 1 is 1.06 bits per heavy atom. The molecule has 0 aliphatic carbocycles. The Kier molecular flexibility index (Phi) is 7.83. The van der Waals surface area contributed by atoms with Gasteiger partial charge < -0.3 is 14.9 Å². The van der Waals surface area contributed by atoms with Crippen molar-refractivity contribution in [2.45, 2.75) is 43.4 Å². The zero-order chi connectivity index (χ0) is 25.2. The zero-order valence-corrected chi connectivity index (χ0v) is 20.3. The molecule has 0 saturated carbocycles. The van der Waals surface area contributed by atoms with E-state index < -0.39 is 12.6 Å². The maximum Gasteiger partial charge on any atom is 0.390 e. The van der Waals surface area contributed by atoms with Crippen molar-refractivity contribution in [2.24, 2.45) is 0 Å². The second-order valence-electron chi connectivity index (χ2n) is 9.86. The third-order valence-corrected chi connectivity index (χ3v) is 7.31. The highest BCUT2D eigenvalue weighted by Crippen LogP contribution is 2.42. The molecule has 2 aliphatic rings. The Morgan fingerprint density at radius 3 is 2.43 bits per heavy atom. The summed E-state index contributed by atoms with van der Waals surface area (Å²) in [7, 11) is 3.45. The first kappa shape index (κ1) is 25.7. The van der Waals surface area contributed by atoms with Crippen molar-refractivity contribution in [3.05, 3.63) is 59.7 Å². The topological polar surface area (TPSA) is 47.0 Å². The van der Waals surface area contributed by atoms with Gasteiger partial charge in [0.15, 0.2) is 0 Å². The maximum absolute atomic E-state index is 12.8. The lowest BCUT2D eigenvalue weighted by Crippen LogP contribution is -2.67. The van der Waals surface area contributed by atoms with Crippen molar-refractivity contribution in [1.82, 2.24) is 14.7 Å². The molecule has 2 aliphatic heterocycles. The molecule has 0 unspecified atom stereocenters. The molecule has 0 spiro atoms. The number of nitrogens with zero attached hydrogens (tertiary/aromatic N) is 3. The Labute approximate surface area is 205 Å². The number of hydrogen-bond acceptors (Lipinski definition) is 4. The van der Waals surface area contributed by atoms with E-state index >= 15 is 0 Å². The molecule has 1 amide bonds. The van der Waals surface area contributed by atoms with Crippen LogP contribution in [0, 0.1) is 0 Å². The lowest BCUT2D eigenvalue weighted by atomic mass is 9.74. The van der Waals surface area contributed by atoms with E-state index in [0.29, 0.717) is 18.7 Å². The maximum atomic E-state index is 12.8.